The first-order chi connectivity index (χ1) is 8.61. The summed E-state index contributed by atoms with van der Waals surface area (Å²) in [6, 6.07) is 0. The third-order valence-electron chi connectivity index (χ3n) is 4.03. The lowest BCUT2D eigenvalue weighted by atomic mass is 9.76. The Morgan fingerprint density at radius 1 is 1.26 bits per heavy atom. The van der Waals surface area contributed by atoms with Gasteiger partial charge in [0.2, 0.25) is 10.0 Å². The zero-order valence-corrected chi connectivity index (χ0v) is 13.6. The van der Waals surface area contributed by atoms with Crippen LogP contribution in [0.4, 0.5) is 0 Å². The molecule has 1 aliphatic rings. The third-order valence-corrected chi connectivity index (χ3v) is 6.02. The van der Waals surface area contributed by atoms with E-state index in [-0.39, 0.29) is 11.2 Å². The van der Waals surface area contributed by atoms with E-state index in [4.69, 9.17) is 5.73 Å². The summed E-state index contributed by atoms with van der Waals surface area (Å²) in [5, 5.41) is 0. The summed E-state index contributed by atoms with van der Waals surface area (Å²) < 4.78 is 27.4. The van der Waals surface area contributed by atoms with E-state index in [1.54, 1.807) is 0 Å². The molecule has 0 radical (unpaired) electrons. The number of nitrogens with one attached hydrogen (secondary N) is 1. The first-order valence-electron chi connectivity index (χ1n) is 7.33. The molecule has 0 bridgehead atoms. The van der Waals surface area contributed by atoms with Gasteiger partial charge in [-0.1, -0.05) is 34.1 Å². The molecule has 0 atom stereocenters. The van der Waals surface area contributed by atoms with E-state index in [1.165, 1.54) is 6.42 Å². The molecule has 0 heterocycles. The Bertz CT molecular complexity index is 377. The van der Waals surface area contributed by atoms with Crippen LogP contribution in [0.3, 0.4) is 0 Å². The van der Waals surface area contributed by atoms with Gasteiger partial charge in [0.15, 0.2) is 0 Å². The van der Waals surface area contributed by atoms with Gasteiger partial charge in [0.25, 0.3) is 0 Å². The van der Waals surface area contributed by atoms with Gasteiger partial charge >= 0.3 is 0 Å². The van der Waals surface area contributed by atoms with Crippen molar-refractivity contribution < 1.29 is 8.42 Å². The van der Waals surface area contributed by atoms with Crippen LogP contribution < -0.4 is 10.5 Å². The summed E-state index contributed by atoms with van der Waals surface area (Å²) in [4.78, 5) is 0. The van der Waals surface area contributed by atoms with E-state index >= 15 is 0 Å². The highest BCUT2D eigenvalue weighted by molar-refractivity contribution is 7.89. The number of rotatable bonds is 5. The van der Waals surface area contributed by atoms with Gasteiger partial charge in [-0.2, -0.15) is 0 Å². The Morgan fingerprint density at radius 2 is 1.79 bits per heavy atom. The number of nitrogens with two attached hydrogens (primary N) is 1. The fraction of sp³-hybridized carbons (Fsp3) is 1.00. The summed E-state index contributed by atoms with van der Waals surface area (Å²) in [6.45, 7) is 8.41. The molecule has 0 aromatic carbocycles. The van der Waals surface area contributed by atoms with E-state index < -0.39 is 15.6 Å². The second-order valence-corrected chi connectivity index (χ2v) is 8.98. The predicted octanol–water partition coefficient (Wildman–Crippen LogP) is 2.25. The van der Waals surface area contributed by atoms with E-state index in [2.05, 4.69) is 11.6 Å². The van der Waals surface area contributed by atoms with E-state index in [9.17, 15) is 8.42 Å². The summed E-state index contributed by atoms with van der Waals surface area (Å²) in [6.07, 6.45) is 5.06. The Morgan fingerprint density at radius 3 is 2.16 bits per heavy atom. The van der Waals surface area contributed by atoms with Gasteiger partial charge in [0.05, 0.1) is 5.75 Å². The van der Waals surface area contributed by atoms with Crippen molar-refractivity contribution >= 4 is 10.0 Å². The molecule has 114 valence electrons. The second-order valence-electron chi connectivity index (χ2n) is 7.26. The molecule has 0 aliphatic heterocycles. The van der Waals surface area contributed by atoms with Crippen molar-refractivity contribution in [2.45, 2.75) is 65.3 Å². The van der Waals surface area contributed by atoms with Gasteiger partial charge in [-0.15, -0.1) is 0 Å². The minimum atomic E-state index is -3.26. The molecule has 0 unspecified atom stereocenters. The number of hydrogen-bond acceptors (Lipinski definition) is 3. The molecule has 1 fully saturated rings. The molecule has 1 rings (SSSR count). The van der Waals surface area contributed by atoms with Gasteiger partial charge in [0.1, 0.15) is 0 Å². The number of hydrogen-bond donors (Lipinski definition) is 2. The van der Waals surface area contributed by atoms with E-state index in [0.29, 0.717) is 6.54 Å². The van der Waals surface area contributed by atoms with Crippen LogP contribution in [-0.4, -0.2) is 26.3 Å². The number of sulfonamides is 1. The molecule has 19 heavy (non-hydrogen) atoms. The first-order valence-corrected chi connectivity index (χ1v) is 8.98. The maximum Gasteiger partial charge on any atom is 0.212 e. The third kappa shape index (κ3) is 5.40. The van der Waals surface area contributed by atoms with Crippen molar-refractivity contribution in [2.75, 3.05) is 12.3 Å². The Balaban J connectivity index is 2.72. The van der Waals surface area contributed by atoms with Crippen molar-refractivity contribution in [3.63, 3.8) is 0 Å². The largest absolute Gasteiger partial charge is 0.329 e. The van der Waals surface area contributed by atoms with E-state index in [0.717, 1.165) is 31.6 Å². The zero-order valence-electron chi connectivity index (χ0n) is 12.8. The van der Waals surface area contributed by atoms with Gasteiger partial charge in [-0.3, -0.25) is 0 Å². The monoisotopic (exact) mass is 290 g/mol. The predicted molar refractivity (Wildman–Crippen MR) is 80.4 cm³/mol. The second kappa shape index (κ2) is 6.10. The Hall–Kier alpha value is -0.130. The summed E-state index contributed by atoms with van der Waals surface area (Å²) in [7, 11) is -3.26. The van der Waals surface area contributed by atoms with Crippen molar-refractivity contribution in [3.05, 3.63) is 0 Å². The van der Waals surface area contributed by atoms with E-state index in [1.807, 2.05) is 20.8 Å². The molecule has 0 aromatic heterocycles. The average molecular weight is 290 g/mol. The van der Waals surface area contributed by atoms with Crippen molar-refractivity contribution in [1.82, 2.24) is 4.72 Å². The fourth-order valence-corrected chi connectivity index (χ4v) is 5.08. The van der Waals surface area contributed by atoms with Crippen LogP contribution in [0.1, 0.15) is 59.8 Å². The van der Waals surface area contributed by atoms with Crippen molar-refractivity contribution in [1.29, 1.82) is 0 Å². The SMILES string of the molecule is CCC1CCC(CN)(NS(=O)(=O)CC(C)(C)C)CC1. The Labute approximate surface area is 118 Å². The quantitative estimate of drug-likeness (QED) is 0.815. The van der Waals surface area contributed by atoms with Gasteiger partial charge < -0.3 is 5.73 Å². The molecule has 0 spiro atoms. The van der Waals surface area contributed by atoms with Gasteiger partial charge in [0, 0.05) is 12.1 Å². The lowest BCUT2D eigenvalue weighted by Crippen LogP contribution is -2.56. The van der Waals surface area contributed by atoms with Crippen LogP contribution in [0.15, 0.2) is 0 Å². The molecule has 1 aliphatic carbocycles. The molecule has 4 nitrogen and oxygen atoms in total. The fourth-order valence-electron chi connectivity index (χ4n) is 2.92. The van der Waals surface area contributed by atoms with Gasteiger partial charge in [-0.25, -0.2) is 13.1 Å². The standard InChI is InChI=1S/C14H30N2O2S/c1-5-12-6-8-14(10-15,9-7-12)16-19(17,18)11-13(2,3)4/h12,16H,5-11,15H2,1-4H3. The molecule has 0 amide bonds. The lowest BCUT2D eigenvalue weighted by Gasteiger charge is -2.40. The highest BCUT2D eigenvalue weighted by atomic mass is 32.2. The highest BCUT2D eigenvalue weighted by Crippen LogP contribution is 2.34. The van der Waals surface area contributed by atoms with Crippen LogP contribution >= 0.6 is 0 Å². The molecular formula is C14H30N2O2S. The topological polar surface area (TPSA) is 72.2 Å². The summed E-state index contributed by atoms with van der Waals surface area (Å²) >= 11 is 0. The minimum absolute atomic E-state index is 0.152. The van der Waals surface area contributed by atoms with Crippen LogP contribution in [0.2, 0.25) is 0 Å². The van der Waals surface area contributed by atoms with Crippen molar-refractivity contribution in [3.8, 4) is 0 Å². The summed E-state index contributed by atoms with van der Waals surface area (Å²) in [5.41, 5.74) is 5.23. The minimum Gasteiger partial charge on any atom is -0.329 e. The molecular weight excluding hydrogens is 260 g/mol. The van der Waals surface area contributed by atoms with Gasteiger partial charge in [-0.05, 0) is 37.0 Å². The highest BCUT2D eigenvalue weighted by Gasteiger charge is 2.38. The van der Waals surface area contributed by atoms with Crippen molar-refractivity contribution in [2.24, 2.45) is 17.1 Å². The zero-order chi connectivity index (χ0) is 14.7. The normalized spacial score (nSPS) is 29.4. The smallest absolute Gasteiger partial charge is 0.212 e. The molecule has 0 aromatic rings. The molecule has 0 saturated heterocycles. The summed E-state index contributed by atoms with van der Waals surface area (Å²) in [5.74, 6) is 0.880. The maximum absolute atomic E-state index is 12.3. The lowest BCUT2D eigenvalue weighted by molar-refractivity contribution is 0.217. The van der Waals surface area contributed by atoms with Crippen LogP contribution in [-0.2, 0) is 10.0 Å². The molecule has 5 heteroatoms. The first kappa shape index (κ1) is 16.9. The maximum atomic E-state index is 12.3. The van der Waals surface area contributed by atoms with Crippen LogP contribution in [0.5, 0.6) is 0 Å². The van der Waals surface area contributed by atoms with Crippen LogP contribution in [0.25, 0.3) is 0 Å². The average Bonchev–Trinajstić information content (AvgIpc) is 2.26. The molecule has 1 saturated carbocycles. The molecule has 3 N–H and O–H groups in total. The Kier molecular flexibility index (Phi) is 5.43. The van der Waals surface area contributed by atoms with Crippen LogP contribution in [0, 0.1) is 11.3 Å².